The lowest BCUT2D eigenvalue weighted by atomic mass is 10.0. The third-order valence-corrected chi connectivity index (χ3v) is 3.60. The zero-order valence-electron chi connectivity index (χ0n) is 13.4. The van der Waals surface area contributed by atoms with E-state index < -0.39 is 17.8 Å². The quantitative estimate of drug-likeness (QED) is 0.627. The Labute approximate surface area is 135 Å². The predicted octanol–water partition coefficient (Wildman–Crippen LogP) is 0.910. The van der Waals surface area contributed by atoms with Crippen molar-refractivity contribution in [3.05, 3.63) is 35.6 Å². The molecular weight excluding hydrogens is 299 g/mol. The van der Waals surface area contributed by atoms with Gasteiger partial charge in [-0.05, 0) is 30.9 Å². The second-order valence-electron chi connectivity index (χ2n) is 6.06. The Hall–Kier alpha value is -1.99. The third-order valence-electron chi connectivity index (χ3n) is 3.60. The Kier molecular flexibility index (Phi) is 6.06. The van der Waals surface area contributed by atoms with E-state index in [0.717, 1.165) is 13.0 Å². The number of nitrogens with one attached hydrogen (secondary N) is 4. The minimum absolute atomic E-state index is 0.0604. The van der Waals surface area contributed by atoms with Crippen LogP contribution in [0.15, 0.2) is 24.3 Å². The van der Waals surface area contributed by atoms with Gasteiger partial charge in [0, 0.05) is 6.54 Å². The summed E-state index contributed by atoms with van der Waals surface area (Å²) < 4.78 is 13.7. The number of benzene rings is 1. The summed E-state index contributed by atoms with van der Waals surface area (Å²) in [5.74, 6) is -1.25. The number of hydrogen-bond acceptors (Lipinski definition) is 4. The van der Waals surface area contributed by atoms with Gasteiger partial charge in [-0.15, -0.1) is 0 Å². The highest BCUT2D eigenvalue weighted by Crippen LogP contribution is 2.10. The van der Waals surface area contributed by atoms with Gasteiger partial charge in [0.1, 0.15) is 11.9 Å². The molecule has 1 aromatic carbocycles. The molecule has 0 spiro atoms. The van der Waals surface area contributed by atoms with Crippen molar-refractivity contribution in [1.29, 1.82) is 0 Å². The van der Waals surface area contributed by atoms with Gasteiger partial charge in [0.2, 0.25) is 5.91 Å². The van der Waals surface area contributed by atoms with Crippen molar-refractivity contribution in [3.63, 3.8) is 0 Å². The Balaban J connectivity index is 2.03. The van der Waals surface area contributed by atoms with Crippen molar-refractivity contribution in [2.75, 3.05) is 6.54 Å². The van der Waals surface area contributed by atoms with Crippen LogP contribution in [0.25, 0.3) is 0 Å². The van der Waals surface area contributed by atoms with Crippen molar-refractivity contribution < 1.29 is 14.0 Å². The standard InChI is InChI=1S/C16H23FN4O2/c1-10(2)9-13(16(23)20-14-7-8-18-21-14)19-15(22)11-5-3-4-6-12(11)17/h3-6,10,13-14,18,21H,7-9H2,1-2H3,(H,19,22)(H,20,23). The van der Waals surface area contributed by atoms with Gasteiger partial charge in [0.25, 0.3) is 5.91 Å². The average molecular weight is 322 g/mol. The lowest BCUT2D eigenvalue weighted by Crippen LogP contribution is -2.53. The van der Waals surface area contributed by atoms with E-state index in [9.17, 15) is 14.0 Å². The van der Waals surface area contributed by atoms with E-state index in [-0.39, 0.29) is 23.6 Å². The molecule has 2 amide bonds. The molecule has 0 saturated carbocycles. The van der Waals surface area contributed by atoms with Crippen LogP contribution in [0.2, 0.25) is 0 Å². The number of amides is 2. The first kappa shape index (κ1) is 17.4. The molecule has 1 fully saturated rings. The summed E-state index contributed by atoms with van der Waals surface area (Å²) in [7, 11) is 0. The van der Waals surface area contributed by atoms with Crippen molar-refractivity contribution >= 4 is 11.8 Å². The minimum atomic E-state index is -0.704. The van der Waals surface area contributed by atoms with Crippen LogP contribution in [0.4, 0.5) is 4.39 Å². The summed E-state index contributed by atoms with van der Waals surface area (Å²) in [6, 6.07) is 5.02. The molecule has 7 heteroatoms. The fourth-order valence-corrected chi connectivity index (χ4v) is 2.45. The SMILES string of the molecule is CC(C)CC(NC(=O)c1ccccc1F)C(=O)NC1CCNN1. The summed E-state index contributed by atoms with van der Waals surface area (Å²) in [5.41, 5.74) is 5.80. The molecule has 2 unspecified atom stereocenters. The summed E-state index contributed by atoms with van der Waals surface area (Å²) in [5, 5.41) is 5.47. The van der Waals surface area contributed by atoms with E-state index in [4.69, 9.17) is 0 Å². The minimum Gasteiger partial charge on any atom is -0.340 e. The van der Waals surface area contributed by atoms with Crippen LogP contribution in [-0.2, 0) is 4.79 Å². The second kappa shape index (κ2) is 8.03. The molecule has 1 aromatic rings. The van der Waals surface area contributed by atoms with Crippen molar-refractivity contribution in [2.24, 2.45) is 5.92 Å². The van der Waals surface area contributed by atoms with Gasteiger partial charge in [-0.1, -0.05) is 26.0 Å². The fraction of sp³-hybridized carbons (Fsp3) is 0.500. The monoisotopic (exact) mass is 322 g/mol. The Bertz CT molecular complexity index is 559. The van der Waals surface area contributed by atoms with Gasteiger partial charge >= 0.3 is 0 Å². The fourth-order valence-electron chi connectivity index (χ4n) is 2.45. The van der Waals surface area contributed by atoms with Crippen molar-refractivity contribution in [1.82, 2.24) is 21.5 Å². The molecule has 0 aromatic heterocycles. The van der Waals surface area contributed by atoms with E-state index in [2.05, 4.69) is 21.5 Å². The number of carbonyl (C=O) groups is 2. The smallest absolute Gasteiger partial charge is 0.254 e. The summed E-state index contributed by atoms with van der Waals surface area (Å²) >= 11 is 0. The topological polar surface area (TPSA) is 82.3 Å². The number of halogens is 1. The van der Waals surface area contributed by atoms with Crippen molar-refractivity contribution in [3.8, 4) is 0 Å². The Morgan fingerprint density at radius 2 is 2.09 bits per heavy atom. The first-order chi connectivity index (χ1) is 11.0. The average Bonchev–Trinajstić information content (AvgIpc) is 2.99. The van der Waals surface area contributed by atoms with Gasteiger partial charge in [-0.2, -0.15) is 0 Å². The molecule has 126 valence electrons. The number of hydrazine groups is 1. The molecule has 23 heavy (non-hydrogen) atoms. The maximum Gasteiger partial charge on any atom is 0.254 e. The van der Waals surface area contributed by atoms with E-state index in [0.29, 0.717) is 6.42 Å². The van der Waals surface area contributed by atoms with E-state index in [1.807, 2.05) is 13.8 Å². The molecule has 6 nitrogen and oxygen atoms in total. The third kappa shape index (κ3) is 5.01. The molecule has 2 atom stereocenters. The summed E-state index contributed by atoms with van der Waals surface area (Å²) in [4.78, 5) is 24.6. The maximum atomic E-state index is 13.7. The lowest BCUT2D eigenvalue weighted by Gasteiger charge is -2.22. The first-order valence-electron chi connectivity index (χ1n) is 7.81. The van der Waals surface area contributed by atoms with Gasteiger partial charge in [0.05, 0.1) is 11.7 Å². The van der Waals surface area contributed by atoms with Crippen LogP contribution in [0.3, 0.4) is 0 Å². The van der Waals surface area contributed by atoms with Crippen molar-refractivity contribution in [2.45, 2.75) is 38.9 Å². The molecule has 1 aliphatic heterocycles. The number of hydrogen-bond donors (Lipinski definition) is 4. The Morgan fingerprint density at radius 1 is 1.35 bits per heavy atom. The second-order valence-corrected chi connectivity index (χ2v) is 6.06. The van der Waals surface area contributed by atoms with Gasteiger partial charge < -0.3 is 10.6 Å². The van der Waals surface area contributed by atoms with Crippen LogP contribution >= 0.6 is 0 Å². The van der Waals surface area contributed by atoms with E-state index in [1.165, 1.54) is 18.2 Å². The zero-order valence-corrected chi connectivity index (χ0v) is 13.4. The number of carbonyl (C=O) groups excluding carboxylic acids is 2. The molecule has 2 rings (SSSR count). The highest BCUT2D eigenvalue weighted by Gasteiger charge is 2.26. The maximum absolute atomic E-state index is 13.7. The molecule has 0 radical (unpaired) electrons. The predicted molar refractivity (Wildman–Crippen MR) is 84.8 cm³/mol. The lowest BCUT2D eigenvalue weighted by molar-refractivity contribution is -0.124. The van der Waals surface area contributed by atoms with E-state index in [1.54, 1.807) is 6.07 Å². The van der Waals surface area contributed by atoms with Gasteiger partial charge in [-0.3, -0.25) is 15.0 Å². The molecular formula is C16H23FN4O2. The molecule has 1 heterocycles. The molecule has 0 aliphatic carbocycles. The molecule has 4 N–H and O–H groups in total. The normalized spacial score (nSPS) is 18.7. The Morgan fingerprint density at radius 3 is 2.70 bits per heavy atom. The van der Waals surface area contributed by atoms with Crippen LogP contribution in [0, 0.1) is 11.7 Å². The largest absolute Gasteiger partial charge is 0.340 e. The highest BCUT2D eigenvalue weighted by atomic mass is 19.1. The van der Waals surface area contributed by atoms with Gasteiger partial charge in [-0.25, -0.2) is 9.82 Å². The van der Waals surface area contributed by atoms with Crippen LogP contribution < -0.4 is 21.5 Å². The number of rotatable bonds is 6. The first-order valence-corrected chi connectivity index (χ1v) is 7.81. The summed E-state index contributed by atoms with van der Waals surface area (Å²) in [6.07, 6.45) is 1.08. The van der Waals surface area contributed by atoms with Crippen LogP contribution in [-0.4, -0.2) is 30.6 Å². The summed E-state index contributed by atoms with van der Waals surface area (Å²) in [6.45, 7) is 4.69. The van der Waals surface area contributed by atoms with Crippen LogP contribution in [0.1, 0.15) is 37.0 Å². The van der Waals surface area contributed by atoms with E-state index >= 15 is 0 Å². The zero-order chi connectivity index (χ0) is 16.8. The molecule has 1 aliphatic rings. The highest BCUT2D eigenvalue weighted by molar-refractivity contribution is 5.97. The molecule has 0 bridgehead atoms. The molecule has 1 saturated heterocycles. The van der Waals surface area contributed by atoms with Crippen LogP contribution in [0.5, 0.6) is 0 Å². The van der Waals surface area contributed by atoms with Gasteiger partial charge in [0.15, 0.2) is 0 Å².